The van der Waals surface area contributed by atoms with Crippen molar-refractivity contribution >= 4 is 11.6 Å². The van der Waals surface area contributed by atoms with Crippen LogP contribution in [0.2, 0.25) is 5.02 Å². The van der Waals surface area contributed by atoms with Crippen molar-refractivity contribution in [3.05, 3.63) is 64.7 Å². The molecule has 2 aromatic rings. The average Bonchev–Trinajstić information content (AvgIpc) is 2.51. The molecule has 0 amide bonds. The summed E-state index contributed by atoms with van der Waals surface area (Å²) in [5.41, 5.74) is 2.30. The normalized spacial score (nSPS) is 10.6. The molecule has 2 aromatic carbocycles. The molecule has 0 fully saturated rings. The van der Waals surface area contributed by atoms with Crippen molar-refractivity contribution in [2.45, 2.75) is 32.9 Å². The third kappa shape index (κ3) is 5.07. The first-order valence-corrected chi connectivity index (χ1v) is 7.84. The predicted octanol–water partition coefficient (Wildman–Crippen LogP) is 4.81. The molecule has 2 rings (SSSR count). The van der Waals surface area contributed by atoms with E-state index in [2.05, 4.69) is 18.3 Å². The fourth-order valence-corrected chi connectivity index (χ4v) is 2.29. The fourth-order valence-electron chi connectivity index (χ4n) is 2.09. The summed E-state index contributed by atoms with van der Waals surface area (Å²) in [4.78, 5) is 0. The van der Waals surface area contributed by atoms with E-state index in [1.807, 2.05) is 42.5 Å². The van der Waals surface area contributed by atoms with Crippen molar-refractivity contribution in [2.75, 3.05) is 6.61 Å². The number of hydrogen-bond acceptors (Lipinski definition) is 2. The molecule has 0 unspecified atom stereocenters. The SMILES string of the molecule is CCCCOc1ccccc1CNCc1ccccc1Cl. The molecule has 2 nitrogen and oxygen atoms in total. The summed E-state index contributed by atoms with van der Waals surface area (Å²) >= 11 is 6.16. The average molecular weight is 304 g/mol. The van der Waals surface area contributed by atoms with E-state index >= 15 is 0 Å². The molecule has 21 heavy (non-hydrogen) atoms. The van der Waals surface area contributed by atoms with Gasteiger partial charge in [0.1, 0.15) is 5.75 Å². The van der Waals surface area contributed by atoms with Gasteiger partial charge in [-0.1, -0.05) is 61.3 Å². The molecule has 0 radical (unpaired) electrons. The molecule has 1 N–H and O–H groups in total. The van der Waals surface area contributed by atoms with Gasteiger partial charge in [0.2, 0.25) is 0 Å². The predicted molar refractivity (Wildman–Crippen MR) is 88.8 cm³/mol. The largest absolute Gasteiger partial charge is 0.493 e. The molecule has 0 aliphatic rings. The van der Waals surface area contributed by atoms with Gasteiger partial charge < -0.3 is 10.1 Å². The van der Waals surface area contributed by atoms with E-state index in [1.54, 1.807) is 0 Å². The van der Waals surface area contributed by atoms with Crippen LogP contribution in [0.1, 0.15) is 30.9 Å². The maximum atomic E-state index is 6.16. The Bertz CT molecular complexity index is 556. The highest BCUT2D eigenvalue weighted by molar-refractivity contribution is 6.31. The first kappa shape index (κ1) is 15.9. The van der Waals surface area contributed by atoms with E-state index in [0.29, 0.717) is 0 Å². The molecule has 0 saturated carbocycles. The highest BCUT2D eigenvalue weighted by Crippen LogP contribution is 2.19. The van der Waals surface area contributed by atoms with Crippen molar-refractivity contribution in [3.63, 3.8) is 0 Å². The number of para-hydroxylation sites is 1. The zero-order valence-corrected chi connectivity index (χ0v) is 13.2. The van der Waals surface area contributed by atoms with E-state index in [9.17, 15) is 0 Å². The standard InChI is InChI=1S/C18H22ClNO/c1-2-3-12-21-18-11-7-5-9-16(18)14-20-13-15-8-4-6-10-17(15)19/h4-11,20H,2-3,12-14H2,1H3. The number of halogens is 1. The van der Waals surface area contributed by atoms with Gasteiger partial charge in [0.05, 0.1) is 6.61 Å². The molecule has 0 aromatic heterocycles. The minimum absolute atomic E-state index is 0.753. The van der Waals surface area contributed by atoms with Crippen molar-refractivity contribution < 1.29 is 4.74 Å². The van der Waals surface area contributed by atoms with Gasteiger partial charge in [-0.2, -0.15) is 0 Å². The van der Waals surface area contributed by atoms with Crippen LogP contribution in [0.4, 0.5) is 0 Å². The van der Waals surface area contributed by atoms with Crippen LogP contribution in [0.25, 0.3) is 0 Å². The molecular formula is C18H22ClNO. The second-order valence-electron chi connectivity index (χ2n) is 5.00. The summed E-state index contributed by atoms with van der Waals surface area (Å²) in [6.45, 7) is 4.47. The van der Waals surface area contributed by atoms with Gasteiger partial charge in [-0.05, 0) is 24.1 Å². The molecular weight excluding hydrogens is 282 g/mol. The van der Waals surface area contributed by atoms with Crippen LogP contribution in [0.15, 0.2) is 48.5 Å². The molecule has 112 valence electrons. The topological polar surface area (TPSA) is 21.3 Å². The molecule has 0 aliphatic heterocycles. The summed E-state index contributed by atoms with van der Waals surface area (Å²) in [5, 5.41) is 4.23. The minimum atomic E-state index is 0.753. The van der Waals surface area contributed by atoms with Crippen LogP contribution in [0.3, 0.4) is 0 Å². The van der Waals surface area contributed by atoms with E-state index in [-0.39, 0.29) is 0 Å². The first-order chi connectivity index (χ1) is 10.3. The molecule has 3 heteroatoms. The molecule has 0 bridgehead atoms. The number of rotatable bonds is 8. The van der Waals surface area contributed by atoms with Gasteiger partial charge in [-0.3, -0.25) is 0 Å². The van der Waals surface area contributed by atoms with Gasteiger partial charge >= 0.3 is 0 Å². The molecule has 0 heterocycles. The van der Waals surface area contributed by atoms with Crippen molar-refractivity contribution in [1.29, 1.82) is 0 Å². The van der Waals surface area contributed by atoms with Crippen LogP contribution >= 0.6 is 11.6 Å². The van der Waals surface area contributed by atoms with Crippen LogP contribution in [0.5, 0.6) is 5.75 Å². The summed E-state index contributed by atoms with van der Waals surface area (Å²) < 4.78 is 5.84. The number of benzene rings is 2. The Morgan fingerprint density at radius 3 is 2.38 bits per heavy atom. The second-order valence-corrected chi connectivity index (χ2v) is 5.41. The van der Waals surface area contributed by atoms with Gasteiger partial charge in [-0.15, -0.1) is 0 Å². The van der Waals surface area contributed by atoms with E-state index in [0.717, 1.165) is 48.9 Å². The highest BCUT2D eigenvalue weighted by Gasteiger charge is 2.03. The van der Waals surface area contributed by atoms with Crippen molar-refractivity contribution in [2.24, 2.45) is 0 Å². The van der Waals surface area contributed by atoms with Gasteiger partial charge in [0, 0.05) is 23.7 Å². The highest BCUT2D eigenvalue weighted by atomic mass is 35.5. The van der Waals surface area contributed by atoms with Crippen molar-refractivity contribution in [1.82, 2.24) is 5.32 Å². The lowest BCUT2D eigenvalue weighted by molar-refractivity contribution is 0.305. The third-order valence-electron chi connectivity index (χ3n) is 3.32. The van der Waals surface area contributed by atoms with E-state index in [1.165, 1.54) is 5.56 Å². The Balaban J connectivity index is 1.89. The van der Waals surface area contributed by atoms with Crippen LogP contribution < -0.4 is 10.1 Å². The lowest BCUT2D eigenvalue weighted by atomic mass is 10.2. The first-order valence-electron chi connectivity index (χ1n) is 7.46. The lowest BCUT2D eigenvalue weighted by Crippen LogP contribution is -2.14. The zero-order chi connectivity index (χ0) is 14.9. The van der Waals surface area contributed by atoms with E-state index < -0.39 is 0 Å². The van der Waals surface area contributed by atoms with Crippen LogP contribution in [0, 0.1) is 0 Å². The number of nitrogens with one attached hydrogen (secondary N) is 1. The Morgan fingerprint density at radius 2 is 1.62 bits per heavy atom. The summed E-state index contributed by atoms with van der Waals surface area (Å²) in [6, 6.07) is 16.1. The second kappa shape index (κ2) is 8.71. The fraction of sp³-hybridized carbons (Fsp3) is 0.333. The lowest BCUT2D eigenvalue weighted by Gasteiger charge is -2.12. The molecule has 0 spiro atoms. The van der Waals surface area contributed by atoms with Crippen molar-refractivity contribution in [3.8, 4) is 5.75 Å². The quantitative estimate of drug-likeness (QED) is 0.707. The Morgan fingerprint density at radius 1 is 0.952 bits per heavy atom. The van der Waals surface area contributed by atoms with Crippen LogP contribution in [-0.4, -0.2) is 6.61 Å². The number of hydrogen-bond donors (Lipinski definition) is 1. The maximum Gasteiger partial charge on any atom is 0.123 e. The van der Waals surface area contributed by atoms with E-state index in [4.69, 9.17) is 16.3 Å². The monoisotopic (exact) mass is 303 g/mol. The van der Waals surface area contributed by atoms with Gasteiger partial charge in [-0.25, -0.2) is 0 Å². The Kier molecular flexibility index (Phi) is 6.58. The molecule has 0 aliphatic carbocycles. The summed E-state index contributed by atoms with van der Waals surface area (Å²) in [7, 11) is 0. The summed E-state index contributed by atoms with van der Waals surface area (Å²) in [5.74, 6) is 0.970. The van der Waals surface area contributed by atoms with Gasteiger partial charge in [0.25, 0.3) is 0 Å². The molecule has 0 saturated heterocycles. The smallest absolute Gasteiger partial charge is 0.123 e. The number of unbranched alkanes of at least 4 members (excludes halogenated alkanes) is 1. The number of ether oxygens (including phenoxy) is 1. The van der Waals surface area contributed by atoms with Gasteiger partial charge in [0.15, 0.2) is 0 Å². The third-order valence-corrected chi connectivity index (χ3v) is 3.69. The maximum absolute atomic E-state index is 6.16. The minimum Gasteiger partial charge on any atom is -0.493 e. The van der Waals surface area contributed by atoms with Crippen LogP contribution in [-0.2, 0) is 13.1 Å². The Hall–Kier alpha value is -1.51. The summed E-state index contributed by atoms with van der Waals surface area (Å²) in [6.07, 6.45) is 2.23. The molecule has 0 atom stereocenters. The zero-order valence-electron chi connectivity index (χ0n) is 12.4. The Labute approximate surface area is 132 Å².